The molecule has 1 amide bonds. The highest BCUT2D eigenvalue weighted by Crippen LogP contribution is 2.31. The molecule has 0 saturated heterocycles. The van der Waals surface area contributed by atoms with Crippen molar-refractivity contribution >= 4 is 27.5 Å². The summed E-state index contributed by atoms with van der Waals surface area (Å²) in [6, 6.07) is 17.0. The third kappa shape index (κ3) is 6.03. The smallest absolute Gasteiger partial charge is 0.279 e. The molecule has 6 nitrogen and oxygen atoms in total. The highest BCUT2D eigenvalue weighted by Gasteiger charge is 2.24. The number of carbonyl (C=O) groups excluding carboxylic acids is 1. The Bertz CT molecular complexity index is 952. The lowest BCUT2D eigenvalue weighted by molar-refractivity contribution is -0.123. The van der Waals surface area contributed by atoms with Gasteiger partial charge in [0, 0.05) is 25.7 Å². The average Bonchev–Trinajstić information content (AvgIpc) is 3.16. The molecule has 0 radical (unpaired) electrons. The van der Waals surface area contributed by atoms with Crippen LogP contribution in [0.1, 0.15) is 31.2 Å². The van der Waals surface area contributed by atoms with Crippen LogP contribution in [0.4, 0.5) is 0 Å². The number of carbonyl (C=O) groups is 1. The summed E-state index contributed by atoms with van der Waals surface area (Å²) >= 11 is 1.56. The second-order valence-corrected chi connectivity index (χ2v) is 8.92. The fourth-order valence-corrected chi connectivity index (χ4v) is 4.62. The molecule has 1 saturated carbocycles. The summed E-state index contributed by atoms with van der Waals surface area (Å²) in [5, 5.41) is 12.2. The summed E-state index contributed by atoms with van der Waals surface area (Å²) in [5.74, 6) is 0.502. The van der Waals surface area contributed by atoms with Gasteiger partial charge in [0.15, 0.2) is 0 Å². The monoisotopic (exact) mass is 439 g/mol. The third-order valence-corrected chi connectivity index (χ3v) is 6.68. The van der Waals surface area contributed by atoms with E-state index in [1.54, 1.807) is 11.3 Å². The highest BCUT2D eigenvalue weighted by atomic mass is 32.1. The van der Waals surface area contributed by atoms with Crippen molar-refractivity contribution in [3.63, 3.8) is 0 Å². The van der Waals surface area contributed by atoms with Crippen LogP contribution in [-0.2, 0) is 11.2 Å². The van der Waals surface area contributed by atoms with Crippen LogP contribution in [0.15, 0.2) is 48.5 Å². The zero-order chi connectivity index (χ0) is 21.5. The number of ether oxygens (including phenoxy) is 1. The molecule has 164 valence electrons. The quantitative estimate of drug-likeness (QED) is 0.442. The van der Waals surface area contributed by atoms with E-state index in [1.807, 2.05) is 30.3 Å². The van der Waals surface area contributed by atoms with Gasteiger partial charge in [0.05, 0.1) is 10.2 Å². The Morgan fingerprint density at radius 3 is 2.68 bits per heavy atom. The van der Waals surface area contributed by atoms with Crippen molar-refractivity contribution in [2.45, 2.75) is 38.1 Å². The number of hydrogen-bond donors (Lipinski definition) is 2. The Labute approximate surface area is 186 Å². The average molecular weight is 440 g/mol. The van der Waals surface area contributed by atoms with E-state index in [1.165, 1.54) is 24.8 Å². The number of fused-ring (bicyclic) bond motifs is 1. The van der Waals surface area contributed by atoms with Crippen molar-refractivity contribution in [1.82, 2.24) is 15.2 Å². The zero-order valence-corrected chi connectivity index (χ0v) is 18.4. The maximum absolute atomic E-state index is 11.2. The minimum atomic E-state index is -0.439. The van der Waals surface area contributed by atoms with E-state index in [9.17, 15) is 4.79 Å². The molecule has 1 aliphatic carbocycles. The second kappa shape index (κ2) is 10.7. The van der Waals surface area contributed by atoms with Gasteiger partial charge in [0.25, 0.3) is 5.19 Å². The zero-order valence-electron chi connectivity index (χ0n) is 17.6. The summed E-state index contributed by atoms with van der Waals surface area (Å²) in [4.78, 5) is 18.2. The number of aliphatic hydroxyl groups excluding tert-OH is 1. The number of aliphatic hydroxyl groups is 1. The molecule has 2 N–H and O–H groups in total. The molecule has 2 aromatic carbocycles. The van der Waals surface area contributed by atoms with Crippen LogP contribution < -0.4 is 10.1 Å². The SMILES string of the molecule is O=C(CO)NCCCN(CCc1ccc(Oc2nc3ccccc3s2)cc1)C1CCC1. The first-order chi connectivity index (χ1) is 15.2. The molecule has 0 spiro atoms. The van der Waals surface area contributed by atoms with Gasteiger partial charge >= 0.3 is 0 Å². The summed E-state index contributed by atoms with van der Waals surface area (Å²) in [5.41, 5.74) is 2.25. The van der Waals surface area contributed by atoms with Crippen molar-refractivity contribution in [2.24, 2.45) is 0 Å². The number of benzene rings is 2. The number of hydrogen-bond acceptors (Lipinski definition) is 6. The van der Waals surface area contributed by atoms with Crippen LogP contribution in [-0.4, -0.2) is 53.2 Å². The highest BCUT2D eigenvalue weighted by molar-refractivity contribution is 7.20. The van der Waals surface area contributed by atoms with Crippen LogP contribution in [0.2, 0.25) is 0 Å². The minimum absolute atomic E-state index is 0.302. The van der Waals surface area contributed by atoms with Crippen LogP contribution in [0.3, 0.4) is 0 Å². The molecule has 1 aromatic heterocycles. The molecule has 0 atom stereocenters. The minimum Gasteiger partial charge on any atom is -0.431 e. The number of aromatic nitrogens is 1. The summed E-state index contributed by atoms with van der Waals surface area (Å²) in [6.07, 6.45) is 5.72. The van der Waals surface area contributed by atoms with Crippen molar-refractivity contribution < 1.29 is 14.6 Å². The predicted octanol–water partition coefficient (Wildman–Crippen LogP) is 3.98. The molecule has 0 aliphatic heterocycles. The van der Waals surface area contributed by atoms with E-state index in [4.69, 9.17) is 9.84 Å². The van der Waals surface area contributed by atoms with E-state index in [-0.39, 0.29) is 5.91 Å². The fraction of sp³-hybridized carbons (Fsp3) is 0.417. The first kappa shape index (κ1) is 21.7. The van der Waals surface area contributed by atoms with Crippen molar-refractivity contribution in [3.8, 4) is 10.9 Å². The molecular weight excluding hydrogens is 410 g/mol. The van der Waals surface area contributed by atoms with Crippen LogP contribution in [0.5, 0.6) is 10.9 Å². The Kier molecular flexibility index (Phi) is 7.51. The number of rotatable bonds is 11. The molecular formula is C24H29N3O3S. The predicted molar refractivity (Wildman–Crippen MR) is 124 cm³/mol. The number of nitrogens with one attached hydrogen (secondary N) is 1. The third-order valence-electron chi connectivity index (χ3n) is 5.77. The molecule has 1 heterocycles. The van der Waals surface area contributed by atoms with Crippen molar-refractivity contribution in [1.29, 1.82) is 0 Å². The van der Waals surface area contributed by atoms with Gasteiger partial charge < -0.3 is 15.2 Å². The van der Waals surface area contributed by atoms with Gasteiger partial charge in [-0.15, -0.1) is 0 Å². The van der Waals surface area contributed by atoms with Crippen LogP contribution in [0.25, 0.3) is 10.2 Å². The van der Waals surface area contributed by atoms with Crippen LogP contribution in [0, 0.1) is 0 Å². The molecule has 1 aliphatic rings. The molecule has 0 bridgehead atoms. The normalized spacial score (nSPS) is 14.0. The van der Waals surface area contributed by atoms with Crippen molar-refractivity contribution in [3.05, 3.63) is 54.1 Å². The van der Waals surface area contributed by atoms with E-state index in [2.05, 4.69) is 33.4 Å². The summed E-state index contributed by atoms with van der Waals surface area (Å²) in [6.45, 7) is 2.15. The maximum Gasteiger partial charge on any atom is 0.279 e. The lowest BCUT2D eigenvalue weighted by Gasteiger charge is -2.37. The topological polar surface area (TPSA) is 74.7 Å². The van der Waals surface area contributed by atoms with Gasteiger partial charge in [-0.3, -0.25) is 9.69 Å². The summed E-state index contributed by atoms with van der Waals surface area (Å²) < 4.78 is 7.07. The summed E-state index contributed by atoms with van der Waals surface area (Å²) in [7, 11) is 0. The van der Waals surface area contributed by atoms with E-state index >= 15 is 0 Å². The van der Waals surface area contributed by atoms with E-state index < -0.39 is 6.61 Å². The Balaban J connectivity index is 1.27. The van der Waals surface area contributed by atoms with Gasteiger partial charge in [0.1, 0.15) is 12.4 Å². The molecule has 3 aromatic rings. The van der Waals surface area contributed by atoms with Crippen LogP contribution >= 0.6 is 11.3 Å². The van der Waals surface area contributed by atoms with Gasteiger partial charge in [-0.05, 0) is 55.5 Å². The molecule has 0 unspecified atom stereocenters. The molecule has 1 fully saturated rings. The van der Waals surface area contributed by atoms with Crippen molar-refractivity contribution in [2.75, 3.05) is 26.2 Å². The Hall–Kier alpha value is -2.48. The largest absolute Gasteiger partial charge is 0.431 e. The fourth-order valence-electron chi connectivity index (χ4n) is 3.79. The number of thiazole rings is 1. The number of para-hydroxylation sites is 1. The standard InChI is InChI=1S/C24H29N3O3S/c28-17-23(29)25-14-4-15-27(19-5-3-6-19)16-13-18-9-11-20(12-10-18)30-24-26-21-7-1-2-8-22(21)31-24/h1-2,7-12,19,28H,3-6,13-17H2,(H,25,29). The molecule has 31 heavy (non-hydrogen) atoms. The van der Waals surface area contributed by atoms with Gasteiger partial charge in [0.2, 0.25) is 5.91 Å². The molecule has 4 rings (SSSR count). The van der Waals surface area contributed by atoms with Gasteiger partial charge in [-0.1, -0.05) is 42.0 Å². The lowest BCUT2D eigenvalue weighted by Crippen LogP contribution is -2.42. The van der Waals surface area contributed by atoms with Gasteiger partial charge in [-0.2, -0.15) is 0 Å². The molecule has 7 heteroatoms. The number of nitrogens with zero attached hydrogens (tertiary/aromatic N) is 2. The Morgan fingerprint density at radius 2 is 1.97 bits per heavy atom. The van der Waals surface area contributed by atoms with Gasteiger partial charge in [-0.25, -0.2) is 4.98 Å². The van der Waals surface area contributed by atoms with E-state index in [0.29, 0.717) is 17.8 Å². The second-order valence-electron chi connectivity index (χ2n) is 7.93. The van der Waals surface area contributed by atoms with E-state index in [0.717, 1.165) is 41.9 Å². The lowest BCUT2D eigenvalue weighted by atomic mass is 9.91. The first-order valence-electron chi connectivity index (χ1n) is 11.0. The first-order valence-corrected chi connectivity index (χ1v) is 11.8. The maximum atomic E-state index is 11.2. The Morgan fingerprint density at radius 1 is 1.16 bits per heavy atom. The number of amides is 1.